The summed E-state index contributed by atoms with van der Waals surface area (Å²) in [7, 11) is 4.00. The van der Waals surface area contributed by atoms with Crippen molar-refractivity contribution in [2.24, 2.45) is 0 Å². The molecule has 3 nitrogen and oxygen atoms in total. The number of benzene rings is 2. The summed E-state index contributed by atoms with van der Waals surface area (Å²) in [6.07, 6.45) is 0. The van der Waals surface area contributed by atoms with Crippen LogP contribution in [0.3, 0.4) is 0 Å². The van der Waals surface area contributed by atoms with Gasteiger partial charge in [0.15, 0.2) is 0 Å². The van der Waals surface area contributed by atoms with Crippen molar-refractivity contribution in [2.75, 3.05) is 24.7 Å². The Morgan fingerprint density at radius 1 is 0.941 bits per heavy atom. The van der Waals surface area contributed by atoms with Crippen LogP contribution in [-0.2, 0) is 0 Å². The van der Waals surface area contributed by atoms with Crippen molar-refractivity contribution in [3.05, 3.63) is 48.5 Å². The Morgan fingerprint density at radius 3 is 2.29 bits per heavy atom. The fourth-order valence-corrected chi connectivity index (χ4v) is 1.50. The second-order valence-corrected chi connectivity index (χ2v) is 4.06. The average Bonchev–Trinajstić information content (AvgIpc) is 2.32. The zero-order valence-electron chi connectivity index (χ0n) is 10.1. The first kappa shape index (κ1) is 11.3. The standard InChI is InChI=1S/C14H16N2O/c1-16(2)12-4-3-5-14(10-12)17-13-8-6-11(15)7-9-13/h3-10H,15H2,1-2H3. The monoisotopic (exact) mass is 228 g/mol. The van der Waals surface area contributed by atoms with Gasteiger partial charge in [0.05, 0.1) is 0 Å². The summed E-state index contributed by atoms with van der Waals surface area (Å²) in [6, 6.07) is 15.3. The summed E-state index contributed by atoms with van der Waals surface area (Å²) in [4.78, 5) is 2.04. The molecule has 0 radical (unpaired) electrons. The zero-order valence-corrected chi connectivity index (χ0v) is 10.1. The van der Waals surface area contributed by atoms with Gasteiger partial charge >= 0.3 is 0 Å². The Bertz CT molecular complexity index is 492. The lowest BCUT2D eigenvalue weighted by atomic mass is 10.3. The summed E-state index contributed by atoms with van der Waals surface area (Å²) in [5, 5.41) is 0. The number of hydrogen-bond donors (Lipinski definition) is 1. The third-order valence-electron chi connectivity index (χ3n) is 2.45. The maximum Gasteiger partial charge on any atom is 0.129 e. The second kappa shape index (κ2) is 4.78. The molecule has 0 unspecified atom stereocenters. The van der Waals surface area contributed by atoms with Gasteiger partial charge in [-0.05, 0) is 36.4 Å². The van der Waals surface area contributed by atoms with Gasteiger partial charge in [0.2, 0.25) is 0 Å². The van der Waals surface area contributed by atoms with E-state index in [1.54, 1.807) is 0 Å². The molecule has 0 fully saturated rings. The van der Waals surface area contributed by atoms with E-state index < -0.39 is 0 Å². The average molecular weight is 228 g/mol. The van der Waals surface area contributed by atoms with Crippen LogP contribution >= 0.6 is 0 Å². The Kier molecular flexibility index (Phi) is 3.19. The lowest BCUT2D eigenvalue weighted by Crippen LogP contribution is -2.08. The minimum atomic E-state index is 0.736. The molecule has 0 bridgehead atoms. The number of nitrogen functional groups attached to an aromatic ring is 1. The lowest BCUT2D eigenvalue weighted by molar-refractivity contribution is 0.483. The predicted molar refractivity (Wildman–Crippen MR) is 71.7 cm³/mol. The smallest absolute Gasteiger partial charge is 0.129 e. The SMILES string of the molecule is CN(C)c1cccc(Oc2ccc(N)cc2)c1. The van der Waals surface area contributed by atoms with Crippen molar-refractivity contribution in [1.82, 2.24) is 0 Å². The number of anilines is 2. The first-order valence-electron chi connectivity index (χ1n) is 5.46. The summed E-state index contributed by atoms with van der Waals surface area (Å²) in [5.41, 5.74) is 7.47. The molecule has 0 atom stereocenters. The van der Waals surface area contributed by atoms with E-state index in [-0.39, 0.29) is 0 Å². The fraction of sp³-hybridized carbons (Fsp3) is 0.143. The van der Waals surface area contributed by atoms with E-state index in [1.807, 2.05) is 67.5 Å². The molecule has 2 rings (SSSR count). The number of ether oxygens (including phenoxy) is 1. The van der Waals surface area contributed by atoms with Crippen LogP contribution in [0.1, 0.15) is 0 Å². The van der Waals surface area contributed by atoms with Crippen LogP contribution in [0.5, 0.6) is 11.5 Å². The highest BCUT2D eigenvalue weighted by Gasteiger charge is 2.00. The molecule has 2 aromatic carbocycles. The maximum absolute atomic E-state index is 5.74. The van der Waals surface area contributed by atoms with E-state index in [0.717, 1.165) is 22.9 Å². The molecule has 0 spiro atoms. The molecule has 0 amide bonds. The van der Waals surface area contributed by atoms with Gasteiger partial charge in [-0.2, -0.15) is 0 Å². The molecule has 88 valence electrons. The third kappa shape index (κ3) is 2.91. The fourth-order valence-electron chi connectivity index (χ4n) is 1.50. The van der Waals surface area contributed by atoms with Crippen molar-refractivity contribution in [3.63, 3.8) is 0 Å². The van der Waals surface area contributed by atoms with Gasteiger partial charge < -0.3 is 15.4 Å². The number of nitrogens with two attached hydrogens (primary N) is 1. The van der Waals surface area contributed by atoms with Gasteiger partial charge in [0.1, 0.15) is 11.5 Å². The van der Waals surface area contributed by atoms with Crippen LogP contribution in [0.15, 0.2) is 48.5 Å². The van der Waals surface area contributed by atoms with Gasteiger partial charge in [0.25, 0.3) is 0 Å². The molecule has 17 heavy (non-hydrogen) atoms. The molecule has 0 heterocycles. The van der Waals surface area contributed by atoms with Gasteiger partial charge in [-0.25, -0.2) is 0 Å². The van der Waals surface area contributed by atoms with Crippen LogP contribution in [0.25, 0.3) is 0 Å². The van der Waals surface area contributed by atoms with E-state index in [4.69, 9.17) is 10.5 Å². The Balaban J connectivity index is 2.18. The molecular weight excluding hydrogens is 212 g/mol. The quantitative estimate of drug-likeness (QED) is 0.820. The Morgan fingerprint density at radius 2 is 1.65 bits per heavy atom. The number of hydrogen-bond acceptors (Lipinski definition) is 3. The molecular formula is C14H16N2O. The highest BCUT2D eigenvalue weighted by Crippen LogP contribution is 2.25. The van der Waals surface area contributed by atoms with Crippen molar-refractivity contribution in [1.29, 1.82) is 0 Å². The van der Waals surface area contributed by atoms with Crippen LogP contribution in [0.4, 0.5) is 11.4 Å². The summed E-state index contributed by atoms with van der Waals surface area (Å²) < 4.78 is 5.74. The first-order chi connectivity index (χ1) is 8.15. The van der Waals surface area contributed by atoms with Crippen LogP contribution in [-0.4, -0.2) is 14.1 Å². The van der Waals surface area contributed by atoms with Crippen molar-refractivity contribution in [2.45, 2.75) is 0 Å². The Labute approximate surface area is 101 Å². The normalized spacial score (nSPS) is 10.0. The highest BCUT2D eigenvalue weighted by atomic mass is 16.5. The number of rotatable bonds is 3. The van der Waals surface area contributed by atoms with Crippen molar-refractivity contribution < 1.29 is 4.74 Å². The van der Waals surface area contributed by atoms with E-state index in [2.05, 4.69) is 0 Å². The zero-order chi connectivity index (χ0) is 12.3. The topological polar surface area (TPSA) is 38.5 Å². The van der Waals surface area contributed by atoms with Crippen LogP contribution in [0, 0.1) is 0 Å². The predicted octanol–water partition coefficient (Wildman–Crippen LogP) is 3.13. The lowest BCUT2D eigenvalue weighted by Gasteiger charge is -2.14. The second-order valence-electron chi connectivity index (χ2n) is 4.06. The largest absolute Gasteiger partial charge is 0.457 e. The van der Waals surface area contributed by atoms with Crippen LogP contribution in [0.2, 0.25) is 0 Å². The molecule has 0 saturated carbocycles. The van der Waals surface area contributed by atoms with E-state index in [9.17, 15) is 0 Å². The summed E-state index contributed by atoms with van der Waals surface area (Å²) >= 11 is 0. The van der Waals surface area contributed by atoms with Crippen molar-refractivity contribution in [3.8, 4) is 11.5 Å². The first-order valence-corrected chi connectivity index (χ1v) is 5.46. The molecule has 0 aliphatic carbocycles. The van der Waals surface area contributed by atoms with E-state index >= 15 is 0 Å². The number of nitrogens with zero attached hydrogens (tertiary/aromatic N) is 1. The molecule has 2 aromatic rings. The molecule has 0 aliphatic heterocycles. The van der Waals surface area contributed by atoms with Crippen molar-refractivity contribution >= 4 is 11.4 Å². The third-order valence-corrected chi connectivity index (χ3v) is 2.45. The summed E-state index contributed by atoms with van der Waals surface area (Å²) in [6.45, 7) is 0. The summed E-state index contributed by atoms with van der Waals surface area (Å²) in [5.74, 6) is 1.61. The minimum Gasteiger partial charge on any atom is -0.457 e. The van der Waals surface area contributed by atoms with E-state index in [1.165, 1.54) is 0 Å². The van der Waals surface area contributed by atoms with Gasteiger partial charge in [-0.3, -0.25) is 0 Å². The maximum atomic E-state index is 5.74. The Hall–Kier alpha value is -2.16. The molecule has 2 N–H and O–H groups in total. The minimum absolute atomic E-state index is 0.736. The molecule has 0 saturated heterocycles. The van der Waals surface area contributed by atoms with Gasteiger partial charge in [0, 0.05) is 31.5 Å². The van der Waals surface area contributed by atoms with Crippen LogP contribution < -0.4 is 15.4 Å². The van der Waals surface area contributed by atoms with Gasteiger partial charge in [-0.15, -0.1) is 0 Å². The molecule has 3 heteroatoms. The molecule has 0 aliphatic rings. The highest BCUT2D eigenvalue weighted by molar-refractivity contribution is 5.50. The van der Waals surface area contributed by atoms with Gasteiger partial charge in [-0.1, -0.05) is 6.07 Å². The molecule has 0 aromatic heterocycles. The van der Waals surface area contributed by atoms with E-state index in [0.29, 0.717) is 0 Å².